The first kappa shape index (κ1) is 14.3. The fraction of sp³-hybridized carbons (Fsp3) is 0.267. The summed E-state index contributed by atoms with van der Waals surface area (Å²) >= 11 is 0.458. The Labute approximate surface area is 121 Å². The molecule has 1 unspecified atom stereocenters. The fourth-order valence-electron chi connectivity index (χ4n) is 1.44. The van der Waals surface area contributed by atoms with Gasteiger partial charge in [-0.15, -0.1) is 11.3 Å². The molecule has 1 atom stereocenters. The molecule has 0 radical (unpaired) electrons. The third-order valence-electron chi connectivity index (χ3n) is 2.48. The summed E-state index contributed by atoms with van der Waals surface area (Å²) in [4.78, 5) is 2.22. The lowest BCUT2D eigenvalue weighted by molar-refractivity contribution is 0.562. The lowest BCUT2D eigenvalue weighted by Gasteiger charge is -2.17. The number of nitrogens with zero attached hydrogens (tertiary/aromatic N) is 1. The van der Waals surface area contributed by atoms with E-state index in [1.54, 1.807) is 17.6 Å². The van der Waals surface area contributed by atoms with Crippen molar-refractivity contribution in [3.05, 3.63) is 47.3 Å². The molecule has 0 spiro atoms. The standard InChI is InChI=1S/C15H17NOS2/c1-15(2,3)19(17)16-11-13-9-10-14(18-13)12-7-5-4-6-8-12/h4-11H,1-3H3/b16-11+. The van der Waals surface area contributed by atoms with Gasteiger partial charge in [0.25, 0.3) is 0 Å². The molecule has 0 bridgehead atoms. The molecule has 2 rings (SSSR count). The molecule has 0 aliphatic carbocycles. The predicted molar refractivity (Wildman–Crippen MR) is 85.2 cm³/mol. The molecule has 0 amide bonds. The first-order valence-electron chi connectivity index (χ1n) is 6.08. The number of benzene rings is 1. The zero-order valence-electron chi connectivity index (χ0n) is 11.3. The van der Waals surface area contributed by atoms with E-state index in [1.165, 1.54) is 10.4 Å². The van der Waals surface area contributed by atoms with Gasteiger partial charge in [0.2, 0.25) is 0 Å². The minimum atomic E-state index is -1.20. The highest BCUT2D eigenvalue weighted by Gasteiger charge is 2.25. The molecule has 1 heterocycles. The van der Waals surface area contributed by atoms with Gasteiger partial charge in [-0.05, 0) is 38.5 Å². The molecule has 2 aromatic rings. The van der Waals surface area contributed by atoms with Crippen LogP contribution >= 0.6 is 11.3 Å². The van der Waals surface area contributed by atoms with E-state index >= 15 is 0 Å². The summed E-state index contributed by atoms with van der Waals surface area (Å²) in [5.41, 5.74) is 1.20. The highest BCUT2D eigenvalue weighted by Crippen LogP contribution is 2.27. The van der Waals surface area contributed by atoms with Gasteiger partial charge in [0.1, 0.15) is 16.1 Å². The number of thiophene rings is 1. The minimum absolute atomic E-state index is 0.310. The fourth-order valence-corrected chi connectivity index (χ4v) is 2.92. The summed E-state index contributed by atoms with van der Waals surface area (Å²) in [5.74, 6) is 0. The van der Waals surface area contributed by atoms with Gasteiger partial charge in [0, 0.05) is 4.88 Å². The van der Waals surface area contributed by atoms with Crippen LogP contribution in [0.25, 0.3) is 10.4 Å². The van der Waals surface area contributed by atoms with Gasteiger partial charge in [-0.3, -0.25) is 0 Å². The van der Waals surface area contributed by atoms with Crippen molar-refractivity contribution in [3.63, 3.8) is 0 Å². The van der Waals surface area contributed by atoms with Gasteiger partial charge in [0.15, 0.2) is 0 Å². The Hall–Kier alpha value is -1.10. The first-order chi connectivity index (χ1) is 8.97. The second kappa shape index (κ2) is 5.90. The monoisotopic (exact) mass is 291 g/mol. The van der Waals surface area contributed by atoms with Crippen molar-refractivity contribution in [2.24, 2.45) is 4.40 Å². The van der Waals surface area contributed by atoms with Gasteiger partial charge < -0.3 is 4.55 Å². The van der Waals surface area contributed by atoms with E-state index in [9.17, 15) is 4.55 Å². The summed E-state index contributed by atoms with van der Waals surface area (Å²) in [6.07, 6.45) is 1.71. The van der Waals surface area contributed by atoms with Crippen LogP contribution in [0.15, 0.2) is 46.9 Å². The predicted octanol–water partition coefficient (Wildman–Crippen LogP) is 4.30. The topological polar surface area (TPSA) is 35.4 Å². The van der Waals surface area contributed by atoms with Gasteiger partial charge in [-0.2, -0.15) is 0 Å². The Balaban J connectivity index is 2.12. The van der Waals surface area contributed by atoms with Gasteiger partial charge >= 0.3 is 0 Å². The quantitative estimate of drug-likeness (QED) is 0.613. The average molecular weight is 291 g/mol. The SMILES string of the molecule is CC(C)(C)[S+]([O-])/N=C/c1ccc(-c2ccccc2)s1. The molecule has 4 heteroatoms. The van der Waals surface area contributed by atoms with Crippen LogP contribution in [0.2, 0.25) is 0 Å². The van der Waals surface area contributed by atoms with Crippen molar-refractivity contribution in [2.75, 3.05) is 0 Å². The molecule has 0 aliphatic rings. The molecule has 1 aromatic heterocycles. The van der Waals surface area contributed by atoms with Crippen molar-refractivity contribution in [1.29, 1.82) is 0 Å². The largest absolute Gasteiger partial charge is 0.591 e. The van der Waals surface area contributed by atoms with Crippen LogP contribution in [0, 0.1) is 0 Å². The Kier molecular flexibility index (Phi) is 4.45. The second-order valence-electron chi connectivity index (χ2n) is 5.16. The van der Waals surface area contributed by atoms with Crippen LogP contribution < -0.4 is 0 Å². The van der Waals surface area contributed by atoms with Crippen molar-refractivity contribution < 1.29 is 4.55 Å². The number of rotatable bonds is 3. The summed E-state index contributed by atoms with van der Waals surface area (Å²) in [7, 11) is 0. The normalized spacial score (nSPS) is 13.9. The third kappa shape index (κ3) is 3.93. The van der Waals surface area contributed by atoms with Gasteiger partial charge in [0.05, 0.1) is 11.1 Å². The van der Waals surface area contributed by atoms with Crippen molar-refractivity contribution in [2.45, 2.75) is 25.5 Å². The van der Waals surface area contributed by atoms with Crippen LogP contribution in [0.4, 0.5) is 0 Å². The second-order valence-corrected chi connectivity index (χ2v) is 8.21. The van der Waals surface area contributed by atoms with E-state index < -0.39 is 11.4 Å². The van der Waals surface area contributed by atoms with E-state index in [0.717, 1.165) is 4.88 Å². The molecule has 100 valence electrons. The lowest BCUT2D eigenvalue weighted by atomic mass is 10.2. The minimum Gasteiger partial charge on any atom is -0.591 e. The van der Waals surface area contributed by atoms with E-state index in [4.69, 9.17) is 0 Å². The Morgan fingerprint density at radius 1 is 1.11 bits per heavy atom. The molecule has 0 aliphatic heterocycles. The maximum Gasteiger partial charge on any atom is 0.144 e. The maximum absolute atomic E-state index is 11.8. The molecule has 0 saturated carbocycles. The Morgan fingerprint density at radius 2 is 1.79 bits per heavy atom. The zero-order valence-corrected chi connectivity index (χ0v) is 12.9. The average Bonchev–Trinajstić information content (AvgIpc) is 2.84. The Bertz CT molecular complexity index is 555. The van der Waals surface area contributed by atoms with Gasteiger partial charge in [-0.25, -0.2) is 0 Å². The van der Waals surface area contributed by atoms with E-state index in [2.05, 4.69) is 22.6 Å². The summed E-state index contributed by atoms with van der Waals surface area (Å²) in [6, 6.07) is 14.3. The van der Waals surface area contributed by atoms with Crippen molar-refractivity contribution in [3.8, 4) is 10.4 Å². The molecular formula is C15H17NOS2. The number of hydrogen-bond acceptors (Lipinski definition) is 3. The van der Waals surface area contributed by atoms with Crippen LogP contribution in [-0.2, 0) is 11.4 Å². The van der Waals surface area contributed by atoms with E-state index in [-0.39, 0.29) is 4.75 Å². The van der Waals surface area contributed by atoms with Crippen LogP contribution in [0.5, 0.6) is 0 Å². The molecule has 0 N–H and O–H groups in total. The summed E-state index contributed by atoms with van der Waals surface area (Å²) in [6.45, 7) is 5.76. The summed E-state index contributed by atoms with van der Waals surface area (Å²) < 4.78 is 15.7. The van der Waals surface area contributed by atoms with Gasteiger partial charge in [-0.1, -0.05) is 34.7 Å². The Morgan fingerprint density at radius 3 is 2.42 bits per heavy atom. The molecular weight excluding hydrogens is 274 g/mol. The molecule has 1 aromatic carbocycles. The van der Waals surface area contributed by atoms with Crippen LogP contribution in [-0.4, -0.2) is 15.5 Å². The molecule has 0 saturated heterocycles. The maximum atomic E-state index is 11.8. The van der Waals surface area contributed by atoms with Crippen molar-refractivity contribution >= 4 is 28.9 Å². The zero-order chi connectivity index (χ0) is 13.9. The summed E-state index contributed by atoms with van der Waals surface area (Å²) in [5, 5.41) is 0. The molecule has 0 fully saturated rings. The van der Waals surface area contributed by atoms with E-state index in [0.29, 0.717) is 0 Å². The van der Waals surface area contributed by atoms with Crippen LogP contribution in [0.1, 0.15) is 25.6 Å². The highest BCUT2D eigenvalue weighted by atomic mass is 32.2. The third-order valence-corrected chi connectivity index (χ3v) is 4.90. The number of hydrogen-bond donors (Lipinski definition) is 0. The lowest BCUT2D eigenvalue weighted by Crippen LogP contribution is -2.25. The van der Waals surface area contributed by atoms with Crippen molar-refractivity contribution in [1.82, 2.24) is 0 Å². The highest BCUT2D eigenvalue weighted by molar-refractivity contribution is 7.91. The smallest absolute Gasteiger partial charge is 0.144 e. The molecule has 2 nitrogen and oxygen atoms in total. The van der Waals surface area contributed by atoms with E-state index in [1.807, 2.05) is 45.0 Å². The van der Waals surface area contributed by atoms with Crippen LogP contribution in [0.3, 0.4) is 0 Å². The molecule has 19 heavy (non-hydrogen) atoms. The first-order valence-corrected chi connectivity index (χ1v) is 8.00.